The maximum absolute atomic E-state index is 11.4. The van der Waals surface area contributed by atoms with E-state index in [0.29, 0.717) is 23.8 Å². The minimum atomic E-state index is -0.880. The Morgan fingerprint density at radius 2 is 2.30 bits per heavy atom. The van der Waals surface area contributed by atoms with Crippen molar-refractivity contribution in [3.05, 3.63) is 10.6 Å². The van der Waals surface area contributed by atoms with Crippen molar-refractivity contribution in [2.45, 2.75) is 45.6 Å². The molecule has 1 aromatic rings. The Balaban J connectivity index is 2.40. The van der Waals surface area contributed by atoms with Crippen LogP contribution in [-0.4, -0.2) is 41.4 Å². The number of carboxylic acid groups (broad SMARTS) is 1. The highest BCUT2D eigenvalue weighted by Crippen LogP contribution is 2.36. The van der Waals surface area contributed by atoms with Gasteiger partial charge in [-0.15, -0.1) is 0 Å². The van der Waals surface area contributed by atoms with E-state index >= 15 is 0 Å². The summed E-state index contributed by atoms with van der Waals surface area (Å²) < 4.78 is 5.51. The number of carboxylic acids is 1. The second-order valence-electron chi connectivity index (χ2n) is 5.84. The maximum atomic E-state index is 11.4. The highest BCUT2D eigenvalue weighted by Gasteiger charge is 2.34. The summed E-state index contributed by atoms with van der Waals surface area (Å²) in [5.41, 5.74) is 0.556. The van der Waals surface area contributed by atoms with Crippen LogP contribution in [0.1, 0.15) is 55.4 Å². The first-order chi connectivity index (χ1) is 9.36. The summed E-state index contributed by atoms with van der Waals surface area (Å²) in [6, 6.07) is 0. The van der Waals surface area contributed by atoms with E-state index in [9.17, 15) is 9.90 Å². The zero-order valence-electron chi connectivity index (χ0n) is 12.5. The number of anilines is 1. The number of hydrogen-bond acceptors (Lipinski definition) is 5. The van der Waals surface area contributed by atoms with Crippen LogP contribution in [0.25, 0.3) is 0 Å². The Morgan fingerprint density at radius 3 is 2.85 bits per heavy atom. The molecular weight excluding hydrogens is 276 g/mol. The molecule has 0 saturated carbocycles. The lowest BCUT2D eigenvalue weighted by Crippen LogP contribution is -2.53. The molecule has 1 unspecified atom stereocenters. The van der Waals surface area contributed by atoms with E-state index in [0.717, 1.165) is 18.1 Å². The molecule has 0 aliphatic carbocycles. The van der Waals surface area contributed by atoms with Gasteiger partial charge in [0.05, 0.1) is 24.4 Å². The van der Waals surface area contributed by atoms with Gasteiger partial charge in [-0.25, -0.2) is 9.78 Å². The van der Waals surface area contributed by atoms with E-state index in [1.807, 2.05) is 13.8 Å². The molecule has 6 heteroatoms. The van der Waals surface area contributed by atoms with E-state index in [-0.39, 0.29) is 11.5 Å². The van der Waals surface area contributed by atoms with Crippen LogP contribution in [0.15, 0.2) is 0 Å². The summed E-state index contributed by atoms with van der Waals surface area (Å²) in [6.07, 6.45) is 0.885. The monoisotopic (exact) mass is 298 g/mol. The molecule has 0 amide bonds. The van der Waals surface area contributed by atoms with Crippen LogP contribution in [0.5, 0.6) is 0 Å². The summed E-state index contributed by atoms with van der Waals surface area (Å²) >= 11 is 1.28. The normalized spacial score (nSPS) is 19.9. The number of thiazole rings is 1. The number of morpholine rings is 1. The average molecular weight is 298 g/mol. The average Bonchev–Trinajstić information content (AvgIpc) is 2.82. The van der Waals surface area contributed by atoms with Gasteiger partial charge in [-0.1, -0.05) is 25.2 Å². The molecule has 20 heavy (non-hydrogen) atoms. The van der Waals surface area contributed by atoms with Crippen molar-refractivity contribution in [2.75, 3.05) is 24.7 Å². The van der Waals surface area contributed by atoms with Crippen LogP contribution in [0.3, 0.4) is 0 Å². The smallest absolute Gasteiger partial charge is 0.347 e. The van der Waals surface area contributed by atoms with Gasteiger partial charge < -0.3 is 14.7 Å². The highest BCUT2D eigenvalue weighted by molar-refractivity contribution is 7.17. The second-order valence-corrected chi connectivity index (χ2v) is 6.82. The number of aromatic carboxylic acids is 1. The first-order valence-corrected chi connectivity index (χ1v) is 7.78. The second kappa shape index (κ2) is 5.69. The third-order valence-electron chi connectivity index (χ3n) is 3.79. The summed E-state index contributed by atoms with van der Waals surface area (Å²) in [5.74, 6) is -0.717. The van der Waals surface area contributed by atoms with Gasteiger partial charge in [-0.2, -0.15) is 0 Å². The molecule has 1 aliphatic heterocycles. The van der Waals surface area contributed by atoms with Crippen LogP contribution in [0.2, 0.25) is 0 Å². The fourth-order valence-corrected chi connectivity index (χ4v) is 3.54. The van der Waals surface area contributed by atoms with Crippen molar-refractivity contribution >= 4 is 22.4 Å². The fourth-order valence-electron chi connectivity index (χ4n) is 2.33. The number of aromatic nitrogens is 1. The molecule has 5 nitrogen and oxygen atoms in total. The molecule has 2 heterocycles. The largest absolute Gasteiger partial charge is 0.477 e. The SMILES string of the molecule is CCC(C)c1nc(N2CCOCC2(C)C)sc1C(=O)O. The summed E-state index contributed by atoms with van der Waals surface area (Å²) in [7, 11) is 0. The van der Waals surface area contributed by atoms with Gasteiger partial charge in [-0.3, -0.25) is 0 Å². The topological polar surface area (TPSA) is 62.7 Å². The number of rotatable bonds is 4. The van der Waals surface area contributed by atoms with Gasteiger partial charge in [0.15, 0.2) is 5.13 Å². The van der Waals surface area contributed by atoms with Crippen molar-refractivity contribution in [3.8, 4) is 0 Å². The molecule has 0 bridgehead atoms. The molecule has 1 aromatic heterocycles. The molecule has 1 aliphatic rings. The Morgan fingerprint density at radius 1 is 1.60 bits per heavy atom. The first kappa shape index (κ1) is 15.3. The minimum Gasteiger partial charge on any atom is -0.477 e. The number of hydrogen-bond donors (Lipinski definition) is 1. The molecule has 0 aromatic carbocycles. The van der Waals surface area contributed by atoms with Crippen molar-refractivity contribution in [1.82, 2.24) is 4.98 Å². The van der Waals surface area contributed by atoms with E-state index in [1.54, 1.807) is 0 Å². The Labute approximate surface area is 123 Å². The van der Waals surface area contributed by atoms with E-state index in [4.69, 9.17) is 4.74 Å². The van der Waals surface area contributed by atoms with Crippen LogP contribution >= 0.6 is 11.3 Å². The van der Waals surface area contributed by atoms with Gasteiger partial charge >= 0.3 is 5.97 Å². The van der Waals surface area contributed by atoms with Gasteiger partial charge in [0.2, 0.25) is 0 Å². The molecule has 2 rings (SSSR count). The van der Waals surface area contributed by atoms with Crippen LogP contribution in [-0.2, 0) is 4.74 Å². The van der Waals surface area contributed by atoms with Gasteiger partial charge in [-0.05, 0) is 26.2 Å². The van der Waals surface area contributed by atoms with Crippen LogP contribution in [0.4, 0.5) is 5.13 Å². The predicted molar refractivity (Wildman–Crippen MR) is 80.0 cm³/mol. The molecule has 112 valence electrons. The third-order valence-corrected chi connectivity index (χ3v) is 4.87. The molecule has 1 N–H and O–H groups in total. The summed E-state index contributed by atoms with van der Waals surface area (Å²) in [6.45, 7) is 10.3. The first-order valence-electron chi connectivity index (χ1n) is 6.96. The Bertz CT molecular complexity index is 499. The standard InChI is InChI=1S/C14H22N2O3S/c1-5-9(2)10-11(12(17)18)20-13(15-10)16-6-7-19-8-14(16,3)4/h9H,5-8H2,1-4H3,(H,17,18). The van der Waals surface area contributed by atoms with Gasteiger partial charge in [0.25, 0.3) is 0 Å². The van der Waals surface area contributed by atoms with Crippen LogP contribution < -0.4 is 4.90 Å². The van der Waals surface area contributed by atoms with Crippen molar-refractivity contribution < 1.29 is 14.6 Å². The number of nitrogens with zero attached hydrogens (tertiary/aromatic N) is 2. The van der Waals surface area contributed by atoms with E-state index in [1.165, 1.54) is 11.3 Å². The quantitative estimate of drug-likeness (QED) is 0.926. The fraction of sp³-hybridized carbons (Fsp3) is 0.714. The lowest BCUT2D eigenvalue weighted by Gasteiger charge is -2.42. The van der Waals surface area contributed by atoms with Crippen molar-refractivity contribution in [1.29, 1.82) is 0 Å². The maximum Gasteiger partial charge on any atom is 0.347 e. The molecule has 1 fully saturated rings. The predicted octanol–water partition coefficient (Wildman–Crippen LogP) is 2.97. The van der Waals surface area contributed by atoms with Crippen molar-refractivity contribution in [2.24, 2.45) is 0 Å². The molecule has 1 atom stereocenters. The third kappa shape index (κ3) is 2.81. The lowest BCUT2D eigenvalue weighted by molar-refractivity contribution is 0.0643. The van der Waals surface area contributed by atoms with E-state index < -0.39 is 5.97 Å². The molecule has 1 saturated heterocycles. The molecule has 0 spiro atoms. The summed E-state index contributed by atoms with van der Waals surface area (Å²) in [5, 5.41) is 10.2. The summed E-state index contributed by atoms with van der Waals surface area (Å²) in [4.78, 5) is 18.6. The van der Waals surface area contributed by atoms with E-state index in [2.05, 4.69) is 23.7 Å². The number of carbonyl (C=O) groups is 1. The van der Waals surface area contributed by atoms with Crippen molar-refractivity contribution in [3.63, 3.8) is 0 Å². The molecular formula is C14H22N2O3S. The van der Waals surface area contributed by atoms with Gasteiger partial charge in [0.1, 0.15) is 4.88 Å². The minimum absolute atomic E-state index is 0.154. The zero-order valence-corrected chi connectivity index (χ0v) is 13.3. The highest BCUT2D eigenvalue weighted by atomic mass is 32.1. The Kier molecular flexibility index (Phi) is 4.34. The van der Waals surface area contributed by atoms with Crippen LogP contribution in [0, 0.1) is 0 Å². The molecule has 0 radical (unpaired) electrons. The number of ether oxygens (including phenoxy) is 1. The lowest BCUT2D eigenvalue weighted by atomic mass is 10.0. The Hall–Kier alpha value is -1.14. The van der Waals surface area contributed by atoms with Gasteiger partial charge in [0, 0.05) is 6.54 Å². The zero-order chi connectivity index (χ0) is 14.9.